The molecule has 0 atom stereocenters. The zero-order chi connectivity index (χ0) is 16.1. The number of rotatable bonds is 7. The number of fused-ring (bicyclic) bond motifs is 1. The topological polar surface area (TPSA) is 72.2 Å². The molecule has 2 aromatic carbocycles. The number of nitrogens with zero attached hydrogens (tertiary/aromatic N) is 1. The average Bonchev–Trinajstić information content (AvgIpc) is 2.95. The van der Waals surface area contributed by atoms with Crippen LogP contribution in [0.4, 0.5) is 0 Å². The van der Waals surface area contributed by atoms with Gasteiger partial charge in [0.05, 0.1) is 0 Å². The van der Waals surface area contributed by atoms with Gasteiger partial charge in [-0.2, -0.15) is 0 Å². The molecule has 3 rings (SSSR count). The molecule has 0 fully saturated rings. The normalized spacial score (nSPS) is 11.8. The lowest BCUT2D eigenvalue weighted by Crippen LogP contribution is -2.26. The van der Waals surface area contributed by atoms with Crippen LogP contribution in [0, 0.1) is 0 Å². The summed E-state index contributed by atoms with van der Waals surface area (Å²) in [5.74, 6) is -0.171. The van der Waals surface area contributed by atoms with E-state index in [0.29, 0.717) is 17.8 Å². The molecule has 0 amide bonds. The molecule has 1 aromatic heterocycles. The molecule has 120 valence electrons. The van der Waals surface area contributed by atoms with E-state index in [1.54, 1.807) is 6.07 Å². The monoisotopic (exact) mass is 330 g/mol. The van der Waals surface area contributed by atoms with Crippen LogP contribution in [0.3, 0.4) is 0 Å². The zero-order valence-electron chi connectivity index (χ0n) is 12.6. The van der Waals surface area contributed by atoms with E-state index in [1.165, 1.54) is 5.56 Å². The fourth-order valence-corrected chi connectivity index (χ4v) is 3.56. The van der Waals surface area contributed by atoms with Crippen molar-refractivity contribution in [3.05, 3.63) is 65.9 Å². The molecular weight excluding hydrogens is 312 g/mol. The highest BCUT2D eigenvalue weighted by Gasteiger charge is 2.16. The molecule has 1 N–H and O–H groups in total. The van der Waals surface area contributed by atoms with E-state index in [9.17, 15) is 8.42 Å². The number of hydrogen-bond donors (Lipinski definition) is 1. The highest BCUT2D eigenvalue weighted by Crippen LogP contribution is 2.19. The van der Waals surface area contributed by atoms with E-state index < -0.39 is 10.0 Å². The van der Waals surface area contributed by atoms with E-state index in [1.807, 2.05) is 48.5 Å². The summed E-state index contributed by atoms with van der Waals surface area (Å²) in [5.41, 5.74) is 2.24. The maximum Gasteiger partial charge on any atom is 0.217 e. The van der Waals surface area contributed by atoms with Gasteiger partial charge in [0.1, 0.15) is 11.4 Å². The molecule has 0 radical (unpaired) electrons. The first-order valence-electron chi connectivity index (χ1n) is 7.49. The molecule has 0 saturated carbocycles. The van der Waals surface area contributed by atoms with Crippen LogP contribution in [0.25, 0.3) is 11.0 Å². The summed E-state index contributed by atoms with van der Waals surface area (Å²) in [4.78, 5) is 0. The van der Waals surface area contributed by atoms with Crippen molar-refractivity contribution in [3.8, 4) is 0 Å². The molecule has 1 heterocycles. The van der Waals surface area contributed by atoms with Gasteiger partial charge in [0.25, 0.3) is 0 Å². The lowest BCUT2D eigenvalue weighted by atomic mass is 10.1. The molecule has 23 heavy (non-hydrogen) atoms. The van der Waals surface area contributed by atoms with Crippen LogP contribution in [0.2, 0.25) is 0 Å². The lowest BCUT2D eigenvalue weighted by Gasteiger charge is -2.05. The molecule has 0 saturated heterocycles. The van der Waals surface area contributed by atoms with E-state index in [2.05, 4.69) is 9.88 Å². The Morgan fingerprint density at radius 3 is 2.57 bits per heavy atom. The predicted molar refractivity (Wildman–Crippen MR) is 89.4 cm³/mol. The summed E-state index contributed by atoms with van der Waals surface area (Å²) in [5, 5.41) is 4.60. The Morgan fingerprint density at radius 2 is 1.74 bits per heavy atom. The molecule has 0 aliphatic heterocycles. The number of aromatic nitrogens is 1. The van der Waals surface area contributed by atoms with Crippen molar-refractivity contribution in [2.24, 2.45) is 0 Å². The smallest absolute Gasteiger partial charge is 0.217 e. The van der Waals surface area contributed by atoms with Gasteiger partial charge in [0, 0.05) is 11.9 Å². The standard InChI is InChI=1S/C17H18N2O3S/c20-23(21,18-12-6-9-14-7-2-1-3-8-14)13-16-15-10-4-5-11-17(15)22-19-16/h1-5,7-8,10-11,18H,6,9,12-13H2. The maximum absolute atomic E-state index is 12.2. The van der Waals surface area contributed by atoms with Crippen molar-refractivity contribution in [1.29, 1.82) is 0 Å². The number of nitrogens with one attached hydrogen (secondary N) is 1. The van der Waals surface area contributed by atoms with Crippen molar-refractivity contribution in [2.45, 2.75) is 18.6 Å². The first-order chi connectivity index (χ1) is 11.1. The minimum atomic E-state index is -3.42. The third-order valence-corrected chi connectivity index (χ3v) is 4.88. The molecule has 0 spiro atoms. The molecular formula is C17H18N2O3S. The van der Waals surface area contributed by atoms with Crippen LogP contribution in [-0.2, 0) is 22.2 Å². The second-order valence-electron chi connectivity index (χ2n) is 5.37. The Bertz CT molecular complexity index is 873. The van der Waals surface area contributed by atoms with Gasteiger partial charge >= 0.3 is 0 Å². The maximum atomic E-state index is 12.2. The van der Waals surface area contributed by atoms with Crippen molar-refractivity contribution >= 4 is 21.0 Å². The van der Waals surface area contributed by atoms with E-state index >= 15 is 0 Å². The Kier molecular flexibility index (Phi) is 4.73. The molecule has 5 nitrogen and oxygen atoms in total. The lowest BCUT2D eigenvalue weighted by molar-refractivity contribution is 0.448. The summed E-state index contributed by atoms with van der Waals surface area (Å²) in [6, 6.07) is 17.2. The van der Waals surface area contributed by atoms with Crippen molar-refractivity contribution in [3.63, 3.8) is 0 Å². The van der Waals surface area contributed by atoms with Gasteiger partial charge in [0.15, 0.2) is 5.58 Å². The molecule has 0 unspecified atom stereocenters. The molecule has 3 aromatic rings. The number of aryl methyl sites for hydroxylation is 1. The molecule has 6 heteroatoms. The van der Waals surface area contributed by atoms with Gasteiger partial charge in [-0.15, -0.1) is 0 Å². The quantitative estimate of drug-likeness (QED) is 0.676. The van der Waals surface area contributed by atoms with Gasteiger partial charge < -0.3 is 4.52 Å². The largest absolute Gasteiger partial charge is 0.356 e. The summed E-state index contributed by atoms with van der Waals surface area (Å²) in [6.45, 7) is 0.410. The minimum Gasteiger partial charge on any atom is -0.356 e. The molecule has 0 bridgehead atoms. The van der Waals surface area contributed by atoms with Crippen LogP contribution < -0.4 is 4.72 Å². The van der Waals surface area contributed by atoms with Crippen LogP contribution in [0.5, 0.6) is 0 Å². The van der Waals surface area contributed by atoms with Crippen molar-refractivity contribution < 1.29 is 12.9 Å². The van der Waals surface area contributed by atoms with Gasteiger partial charge in [-0.3, -0.25) is 0 Å². The van der Waals surface area contributed by atoms with Crippen molar-refractivity contribution in [2.75, 3.05) is 6.54 Å². The fourth-order valence-electron chi connectivity index (χ4n) is 2.44. The summed E-state index contributed by atoms with van der Waals surface area (Å²) < 4.78 is 32.1. The minimum absolute atomic E-state index is 0.171. The van der Waals surface area contributed by atoms with Gasteiger partial charge in [-0.05, 0) is 30.5 Å². The Balaban J connectivity index is 1.55. The summed E-state index contributed by atoms with van der Waals surface area (Å²) in [7, 11) is -3.42. The zero-order valence-corrected chi connectivity index (χ0v) is 13.4. The van der Waals surface area contributed by atoms with Crippen molar-refractivity contribution in [1.82, 2.24) is 9.88 Å². The Hall–Kier alpha value is -2.18. The number of para-hydroxylation sites is 1. The van der Waals surface area contributed by atoms with Crippen LogP contribution in [0.1, 0.15) is 17.7 Å². The second-order valence-corrected chi connectivity index (χ2v) is 7.17. The predicted octanol–water partition coefficient (Wildman–Crippen LogP) is 2.88. The Labute approximate surface area is 135 Å². The first-order valence-corrected chi connectivity index (χ1v) is 9.14. The van der Waals surface area contributed by atoms with E-state index in [4.69, 9.17) is 4.52 Å². The van der Waals surface area contributed by atoms with Crippen LogP contribution in [-0.4, -0.2) is 20.1 Å². The van der Waals surface area contributed by atoms with Gasteiger partial charge in [-0.25, -0.2) is 13.1 Å². The SMILES string of the molecule is O=S(=O)(Cc1noc2ccccc12)NCCCc1ccccc1. The molecule has 0 aliphatic carbocycles. The fraction of sp³-hybridized carbons (Fsp3) is 0.235. The Morgan fingerprint density at radius 1 is 1.00 bits per heavy atom. The second kappa shape index (κ2) is 6.93. The highest BCUT2D eigenvalue weighted by molar-refractivity contribution is 7.88. The van der Waals surface area contributed by atoms with Gasteiger partial charge in [0.2, 0.25) is 10.0 Å². The van der Waals surface area contributed by atoms with Crippen LogP contribution >= 0.6 is 0 Å². The third kappa shape index (κ3) is 4.18. The third-order valence-electron chi connectivity index (χ3n) is 3.59. The number of benzene rings is 2. The first kappa shape index (κ1) is 15.7. The van der Waals surface area contributed by atoms with E-state index in [-0.39, 0.29) is 5.75 Å². The van der Waals surface area contributed by atoms with E-state index in [0.717, 1.165) is 18.2 Å². The van der Waals surface area contributed by atoms with Crippen LogP contribution in [0.15, 0.2) is 59.1 Å². The van der Waals surface area contributed by atoms with Gasteiger partial charge in [-0.1, -0.05) is 47.6 Å². The number of hydrogen-bond acceptors (Lipinski definition) is 4. The summed E-state index contributed by atoms with van der Waals surface area (Å²) >= 11 is 0. The highest BCUT2D eigenvalue weighted by atomic mass is 32.2. The molecule has 0 aliphatic rings. The summed E-state index contributed by atoms with van der Waals surface area (Å²) in [6.07, 6.45) is 1.60. The average molecular weight is 330 g/mol. The number of sulfonamides is 1.